The maximum Gasteiger partial charge on any atom is 0.423 e. The molecule has 2 heterocycles. The topological polar surface area (TPSA) is 67.6 Å². The van der Waals surface area contributed by atoms with Crippen LogP contribution in [0.4, 0.5) is 24.5 Å². The fraction of sp³-hybridized carbons (Fsp3) is 0.647. The zero-order valence-corrected chi connectivity index (χ0v) is 16.2. The molecule has 1 N–H and O–H groups in total. The third-order valence-electron chi connectivity index (χ3n) is 5.16. The van der Waals surface area contributed by atoms with Crippen LogP contribution < -0.4 is 5.32 Å². The first-order chi connectivity index (χ1) is 12.8. The molecule has 0 atom stereocenters. The van der Waals surface area contributed by atoms with Gasteiger partial charge < -0.3 is 15.0 Å². The number of piperidine rings is 1. The Morgan fingerprint density at radius 3 is 2.37 bits per heavy atom. The number of halogens is 4. The van der Waals surface area contributed by atoms with Crippen LogP contribution in [0.25, 0.3) is 0 Å². The van der Waals surface area contributed by atoms with Gasteiger partial charge in [0.2, 0.25) is 0 Å². The fourth-order valence-electron chi connectivity index (χ4n) is 3.80. The summed E-state index contributed by atoms with van der Waals surface area (Å²) in [6.07, 6.45) is -1.37. The van der Waals surface area contributed by atoms with Gasteiger partial charge in [-0.3, -0.25) is 10.1 Å². The Balaban J connectivity index is 1.72. The van der Waals surface area contributed by atoms with Gasteiger partial charge in [0, 0.05) is 42.9 Å². The van der Waals surface area contributed by atoms with Crippen LogP contribution >= 0.6 is 15.9 Å². The summed E-state index contributed by atoms with van der Waals surface area (Å²) in [7, 11) is 0. The van der Waals surface area contributed by atoms with Crippen molar-refractivity contribution in [3.8, 4) is 0 Å². The van der Waals surface area contributed by atoms with Crippen LogP contribution in [0.1, 0.15) is 31.2 Å². The predicted octanol–water partition coefficient (Wildman–Crippen LogP) is 4.43. The molecular formula is C17H21BrF3N3O3. The number of hydrogen-bond acceptors (Lipinski definition) is 5. The van der Waals surface area contributed by atoms with Gasteiger partial charge in [-0.1, -0.05) is 15.9 Å². The summed E-state index contributed by atoms with van der Waals surface area (Å²) in [5.74, 6) is 0. The normalized spacial score (nSPS) is 20.6. The lowest BCUT2D eigenvalue weighted by Crippen LogP contribution is -2.46. The molecule has 27 heavy (non-hydrogen) atoms. The number of nitrogens with one attached hydrogen (secondary N) is 1. The average molecular weight is 452 g/mol. The van der Waals surface area contributed by atoms with E-state index in [1.165, 1.54) is 6.07 Å². The van der Waals surface area contributed by atoms with Crippen LogP contribution in [0, 0.1) is 10.1 Å². The Morgan fingerprint density at radius 1 is 1.19 bits per heavy atom. The standard InChI is InChI=1S/C17H21BrF3N3O3/c18-11-9-14(17(19,20)21)16(24(25)26)15(10-11)22-12-1-5-23(6-2-12)13-3-7-27-8-4-13/h9-10,12-13,22H,1-8H2. The number of nitro benzene ring substituents is 1. The Kier molecular flexibility index (Phi) is 6.27. The molecule has 2 aliphatic heterocycles. The number of nitro groups is 1. The average Bonchev–Trinajstić information content (AvgIpc) is 2.61. The number of benzene rings is 1. The van der Waals surface area contributed by atoms with Gasteiger partial charge in [-0.15, -0.1) is 0 Å². The summed E-state index contributed by atoms with van der Waals surface area (Å²) in [4.78, 5) is 12.8. The third kappa shape index (κ3) is 4.91. The van der Waals surface area contributed by atoms with E-state index in [4.69, 9.17) is 4.74 Å². The van der Waals surface area contributed by atoms with Crippen molar-refractivity contribution in [1.82, 2.24) is 4.90 Å². The Morgan fingerprint density at radius 2 is 1.81 bits per heavy atom. The predicted molar refractivity (Wildman–Crippen MR) is 97.9 cm³/mol. The molecule has 2 aliphatic rings. The van der Waals surface area contributed by atoms with E-state index >= 15 is 0 Å². The van der Waals surface area contributed by atoms with Crippen molar-refractivity contribution in [1.29, 1.82) is 0 Å². The summed E-state index contributed by atoms with van der Waals surface area (Å²) in [5, 5.41) is 14.3. The minimum Gasteiger partial charge on any atom is -0.381 e. The molecule has 0 aromatic heterocycles. The minimum absolute atomic E-state index is 0.0915. The van der Waals surface area contributed by atoms with Crippen molar-refractivity contribution in [3.63, 3.8) is 0 Å². The first-order valence-electron chi connectivity index (χ1n) is 8.89. The third-order valence-corrected chi connectivity index (χ3v) is 5.62. The Labute approximate surface area is 163 Å². The molecule has 3 rings (SSSR count). The van der Waals surface area contributed by atoms with Crippen molar-refractivity contribution in [3.05, 3.63) is 32.3 Å². The van der Waals surface area contributed by atoms with Crippen LogP contribution in [0.5, 0.6) is 0 Å². The lowest BCUT2D eigenvalue weighted by molar-refractivity contribution is -0.387. The van der Waals surface area contributed by atoms with Crippen molar-refractivity contribution in [2.75, 3.05) is 31.6 Å². The molecule has 10 heteroatoms. The molecule has 2 saturated heterocycles. The number of hydrogen-bond donors (Lipinski definition) is 1. The molecule has 0 bridgehead atoms. The Hall–Kier alpha value is -1.39. The molecule has 0 saturated carbocycles. The van der Waals surface area contributed by atoms with Crippen LogP contribution in [-0.2, 0) is 10.9 Å². The highest BCUT2D eigenvalue weighted by Crippen LogP contribution is 2.42. The smallest absolute Gasteiger partial charge is 0.381 e. The van der Waals surface area contributed by atoms with E-state index in [2.05, 4.69) is 26.1 Å². The summed E-state index contributed by atoms with van der Waals surface area (Å²) >= 11 is 3.03. The molecule has 0 radical (unpaired) electrons. The van der Waals surface area contributed by atoms with Gasteiger partial charge in [0.25, 0.3) is 0 Å². The minimum atomic E-state index is -4.80. The quantitative estimate of drug-likeness (QED) is 0.541. The number of alkyl halides is 3. The lowest BCUT2D eigenvalue weighted by Gasteiger charge is -2.39. The summed E-state index contributed by atoms with van der Waals surface area (Å²) in [5.41, 5.74) is -2.26. The highest BCUT2D eigenvalue weighted by Gasteiger charge is 2.41. The first-order valence-corrected chi connectivity index (χ1v) is 9.68. The van der Waals surface area contributed by atoms with E-state index in [9.17, 15) is 23.3 Å². The van der Waals surface area contributed by atoms with Crippen molar-refractivity contribution >= 4 is 27.3 Å². The van der Waals surface area contributed by atoms with E-state index in [1.807, 2.05) is 0 Å². The van der Waals surface area contributed by atoms with Crippen molar-refractivity contribution < 1.29 is 22.8 Å². The number of ether oxygens (including phenoxy) is 1. The van der Waals surface area contributed by atoms with Crippen LogP contribution in [0.15, 0.2) is 16.6 Å². The van der Waals surface area contributed by atoms with Crippen molar-refractivity contribution in [2.24, 2.45) is 0 Å². The summed E-state index contributed by atoms with van der Waals surface area (Å²) in [6.45, 7) is 3.15. The second-order valence-electron chi connectivity index (χ2n) is 6.90. The Bertz CT molecular complexity index is 688. The summed E-state index contributed by atoms with van der Waals surface area (Å²) in [6, 6.07) is 2.47. The van der Waals surface area contributed by atoms with E-state index in [0.717, 1.165) is 58.1 Å². The molecule has 6 nitrogen and oxygen atoms in total. The van der Waals surface area contributed by atoms with Gasteiger partial charge in [-0.05, 0) is 37.8 Å². The maximum absolute atomic E-state index is 13.2. The largest absolute Gasteiger partial charge is 0.423 e. The van der Waals surface area contributed by atoms with Gasteiger partial charge in [-0.2, -0.15) is 13.2 Å². The second-order valence-corrected chi connectivity index (χ2v) is 7.82. The van der Waals surface area contributed by atoms with Gasteiger partial charge in [-0.25, -0.2) is 0 Å². The molecule has 0 aliphatic carbocycles. The van der Waals surface area contributed by atoms with Gasteiger partial charge in [0.15, 0.2) is 0 Å². The fourth-order valence-corrected chi connectivity index (χ4v) is 4.26. The number of anilines is 1. The molecule has 1 aromatic rings. The lowest BCUT2D eigenvalue weighted by atomic mass is 9.99. The molecular weight excluding hydrogens is 431 g/mol. The zero-order chi connectivity index (χ0) is 19.6. The second kappa shape index (κ2) is 8.32. The highest BCUT2D eigenvalue weighted by atomic mass is 79.9. The van der Waals surface area contributed by atoms with E-state index in [0.29, 0.717) is 6.04 Å². The molecule has 1 aromatic carbocycles. The van der Waals surface area contributed by atoms with E-state index in [1.54, 1.807) is 0 Å². The zero-order valence-electron chi connectivity index (χ0n) is 14.6. The molecule has 2 fully saturated rings. The highest BCUT2D eigenvalue weighted by molar-refractivity contribution is 9.10. The van der Waals surface area contributed by atoms with Crippen LogP contribution in [0.3, 0.4) is 0 Å². The van der Waals surface area contributed by atoms with E-state index in [-0.39, 0.29) is 16.2 Å². The monoisotopic (exact) mass is 451 g/mol. The molecule has 0 amide bonds. The molecule has 0 unspecified atom stereocenters. The van der Waals surface area contributed by atoms with Gasteiger partial charge in [0.1, 0.15) is 11.3 Å². The number of likely N-dealkylation sites (tertiary alicyclic amines) is 1. The van der Waals surface area contributed by atoms with Gasteiger partial charge in [0.05, 0.1) is 4.92 Å². The maximum atomic E-state index is 13.2. The molecule has 150 valence electrons. The van der Waals surface area contributed by atoms with Crippen LogP contribution in [-0.4, -0.2) is 48.2 Å². The summed E-state index contributed by atoms with van der Waals surface area (Å²) < 4.78 is 45.2. The SMILES string of the molecule is O=[N+]([O-])c1c(NC2CCN(C3CCOCC3)CC2)cc(Br)cc1C(F)(F)F. The number of rotatable bonds is 4. The first kappa shape index (κ1) is 20.3. The molecule has 0 spiro atoms. The number of nitrogens with zero attached hydrogens (tertiary/aromatic N) is 2. The van der Waals surface area contributed by atoms with Crippen molar-refractivity contribution in [2.45, 2.75) is 43.9 Å². The van der Waals surface area contributed by atoms with Gasteiger partial charge >= 0.3 is 11.9 Å². The van der Waals surface area contributed by atoms with E-state index < -0.39 is 22.4 Å². The van der Waals surface area contributed by atoms with Crippen LogP contribution in [0.2, 0.25) is 0 Å².